The van der Waals surface area contributed by atoms with E-state index in [1.807, 2.05) is 6.07 Å². The van der Waals surface area contributed by atoms with Crippen molar-refractivity contribution in [2.75, 3.05) is 6.54 Å². The smallest absolute Gasteiger partial charge is 0.0408 e. The summed E-state index contributed by atoms with van der Waals surface area (Å²) in [5.41, 5.74) is 2.80. The first-order valence-electron chi connectivity index (χ1n) is 4.74. The van der Waals surface area contributed by atoms with E-state index >= 15 is 0 Å². The molecule has 1 aliphatic rings. The van der Waals surface area contributed by atoms with Gasteiger partial charge in [0.2, 0.25) is 0 Å². The predicted molar refractivity (Wildman–Crippen MR) is 56.0 cm³/mol. The lowest BCUT2D eigenvalue weighted by molar-refractivity contribution is 0.533. The van der Waals surface area contributed by atoms with Crippen LogP contribution in [0.3, 0.4) is 0 Å². The third-order valence-corrected chi connectivity index (χ3v) is 2.78. The first kappa shape index (κ1) is 9.04. The van der Waals surface area contributed by atoms with E-state index in [1.165, 1.54) is 11.1 Å². The molecule has 2 heteroatoms. The highest BCUT2D eigenvalue weighted by Gasteiger charge is 2.12. The Hall–Kier alpha value is -0.530. The molecule has 0 aliphatic carbocycles. The lowest BCUT2D eigenvalue weighted by Crippen LogP contribution is -2.17. The summed E-state index contributed by atoms with van der Waals surface area (Å²) >= 11 is 5.96. The maximum absolute atomic E-state index is 5.96. The first-order valence-corrected chi connectivity index (χ1v) is 5.11. The number of fused-ring (bicyclic) bond motifs is 1. The van der Waals surface area contributed by atoms with E-state index in [2.05, 4.69) is 24.4 Å². The molecule has 1 N–H and O–H groups in total. The summed E-state index contributed by atoms with van der Waals surface area (Å²) in [6.45, 7) is 4.35. The zero-order valence-electron chi connectivity index (χ0n) is 7.81. The first-order chi connectivity index (χ1) is 6.25. The van der Waals surface area contributed by atoms with Gasteiger partial charge in [0.05, 0.1) is 0 Å². The van der Waals surface area contributed by atoms with Crippen molar-refractivity contribution in [1.29, 1.82) is 0 Å². The standard InChI is InChI=1S/C11H14ClN/c1-8-4-10-5-11(12)3-2-9(10)7-13-6-8/h2-3,5,8,13H,4,6-7H2,1H3. The van der Waals surface area contributed by atoms with E-state index in [0.717, 1.165) is 24.5 Å². The fourth-order valence-corrected chi connectivity index (χ4v) is 2.05. The van der Waals surface area contributed by atoms with Gasteiger partial charge in [-0.05, 0) is 42.1 Å². The summed E-state index contributed by atoms with van der Waals surface area (Å²) in [4.78, 5) is 0. The minimum absolute atomic E-state index is 0.708. The van der Waals surface area contributed by atoms with Crippen molar-refractivity contribution in [3.63, 3.8) is 0 Å². The zero-order valence-corrected chi connectivity index (χ0v) is 8.56. The third kappa shape index (κ3) is 2.04. The van der Waals surface area contributed by atoms with E-state index in [4.69, 9.17) is 11.6 Å². The maximum Gasteiger partial charge on any atom is 0.0408 e. The van der Waals surface area contributed by atoms with Gasteiger partial charge in [-0.15, -0.1) is 0 Å². The minimum atomic E-state index is 0.708. The Kier molecular flexibility index (Phi) is 2.56. The summed E-state index contributed by atoms with van der Waals surface area (Å²) in [5.74, 6) is 0.708. The van der Waals surface area contributed by atoms with Gasteiger partial charge in [0.25, 0.3) is 0 Å². The summed E-state index contributed by atoms with van der Waals surface area (Å²) in [7, 11) is 0. The molecule has 70 valence electrons. The fourth-order valence-electron chi connectivity index (χ4n) is 1.86. The highest BCUT2D eigenvalue weighted by Crippen LogP contribution is 2.21. The maximum atomic E-state index is 5.96. The second kappa shape index (κ2) is 3.69. The van der Waals surface area contributed by atoms with E-state index in [9.17, 15) is 0 Å². The summed E-state index contributed by atoms with van der Waals surface area (Å²) in [6, 6.07) is 6.20. The molecule has 13 heavy (non-hydrogen) atoms. The van der Waals surface area contributed by atoms with Crippen LogP contribution in [0, 0.1) is 5.92 Å². The lowest BCUT2D eigenvalue weighted by atomic mass is 9.99. The van der Waals surface area contributed by atoms with E-state index in [-0.39, 0.29) is 0 Å². The van der Waals surface area contributed by atoms with Crippen molar-refractivity contribution in [3.8, 4) is 0 Å². The van der Waals surface area contributed by atoms with Crippen LogP contribution in [-0.2, 0) is 13.0 Å². The van der Waals surface area contributed by atoms with E-state index in [0.29, 0.717) is 5.92 Å². The van der Waals surface area contributed by atoms with Crippen LogP contribution in [0.2, 0.25) is 5.02 Å². The molecule has 0 saturated heterocycles. The second-order valence-corrected chi connectivity index (χ2v) is 4.29. The van der Waals surface area contributed by atoms with Crippen LogP contribution in [0.1, 0.15) is 18.1 Å². The predicted octanol–water partition coefficient (Wildman–Crippen LogP) is 2.62. The average Bonchev–Trinajstić information content (AvgIpc) is 2.25. The van der Waals surface area contributed by atoms with Crippen LogP contribution in [0.25, 0.3) is 0 Å². The number of halogens is 1. The third-order valence-electron chi connectivity index (χ3n) is 2.54. The molecule has 1 aromatic rings. The topological polar surface area (TPSA) is 12.0 Å². The van der Waals surface area contributed by atoms with Gasteiger partial charge in [0.15, 0.2) is 0 Å². The lowest BCUT2D eigenvalue weighted by Gasteiger charge is -2.07. The Labute approximate surface area is 84.1 Å². The van der Waals surface area contributed by atoms with Gasteiger partial charge in [-0.1, -0.05) is 24.6 Å². The minimum Gasteiger partial charge on any atom is -0.312 e. The number of benzene rings is 1. The van der Waals surface area contributed by atoms with Crippen LogP contribution in [-0.4, -0.2) is 6.54 Å². The van der Waals surface area contributed by atoms with Crippen molar-refractivity contribution in [2.24, 2.45) is 5.92 Å². The van der Waals surface area contributed by atoms with Gasteiger partial charge < -0.3 is 5.32 Å². The SMILES string of the molecule is CC1CNCc2ccc(Cl)cc2C1. The quantitative estimate of drug-likeness (QED) is 0.671. The molecule has 2 rings (SSSR count). The van der Waals surface area contributed by atoms with Gasteiger partial charge in [-0.25, -0.2) is 0 Å². The average molecular weight is 196 g/mol. The number of hydrogen-bond acceptors (Lipinski definition) is 1. The Morgan fingerprint density at radius 2 is 2.23 bits per heavy atom. The molecule has 0 bridgehead atoms. The Morgan fingerprint density at radius 1 is 1.38 bits per heavy atom. The zero-order chi connectivity index (χ0) is 9.26. The molecule has 0 saturated carbocycles. The monoisotopic (exact) mass is 195 g/mol. The molecule has 0 amide bonds. The van der Waals surface area contributed by atoms with Crippen molar-refractivity contribution in [3.05, 3.63) is 34.3 Å². The van der Waals surface area contributed by atoms with Crippen molar-refractivity contribution >= 4 is 11.6 Å². The molecule has 0 aromatic heterocycles. The number of hydrogen-bond donors (Lipinski definition) is 1. The molecule has 0 spiro atoms. The van der Waals surface area contributed by atoms with E-state index in [1.54, 1.807) is 0 Å². The number of nitrogens with one attached hydrogen (secondary N) is 1. The van der Waals surface area contributed by atoms with Gasteiger partial charge in [0.1, 0.15) is 0 Å². The number of rotatable bonds is 0. The highest BCUT2D eigenvalue weighted by molar-refractivity contribution is 6.30. The molecule has 1 unspecified atom stereocenters. The fraction of sp³-hybridized carbons (Fsp3) is 0.455. The molecular formula is C11H14ClN. The molecule has 1 aromatic carbocycles. The van der Waals surface area contributed by atoms with Gasteiger partial charge in [0, 0.05) is 11.6 Å². The molecule has 0 radical (unpaired) electrons. The highest BCUT2D eigenvalue weighted by atomic mass is 35.5. The Bertz CT molecular complexity index is 309. The van der Waals surface area contributed by atoms with Gasteiger partial charge in [-0.2, -0.15) is 0 Å². The molecule has 1 atom stereocenters. The molecule has 1 nitrogen and oxygen atoms in total. The molecule has 1 aliphatic heterocycles. The van der Waals surface area contributed by atoms with Crippen LogP contribution in [0.5, 0.6) is 0 Å². The normalized spacial score (nSPS) is 22.2. The molecular weight excluding hydrogens is 182 g/mol. The summed E-state index contributed by atoms with van der Waals surface area (Å²) < 4.78 is 0. The van der Waals surface area contributed by atoms with Crippen LogP contribution >= 0.6 is 11.6 Å². The largest absolute Gasteiger partial charge is 0.312 e. The summed E-state index contributed by atoms with van der Waals surface area (Å²) in [5, 5.41) is 4.28. The Morgan fingerprint density at radius 3 is 3.08 bits per heavy atom. The second-order valence-electron chi connectivity index (χ2n) is 3.85. The van der Waals surface area contributed by atoms with Crippen LogP contribution < -0.4 is 5.32 Å². The van der Waals surface area contributed by atoms with Crippen LogP contribution in [0.15, 0.2) is 18.2 Å². The van der Waals surface area contributed by atoms with Gasteiger partial charge in [-0.3, -0.25) is 0 Å². The molecule has 1 heterocycles. The van der Waals surface area contributed by atoms with Crippen molar-refractivity contribution < 1.29 is 0 Å². The van der Waals surface area contributed by atoms with Gasteiger partial charge >= 0.3 is 0 Å². The molecule has 0 fully saturated rings. The Balaban J connectivity index is 2.35. The van der Waals surface area contributed by atoms with E-state index < -0.39 is 0 Å². The van der Waals surface area contributed by atoms with Crippen molar-refractivity contribution in [2.45, 2.75) is 19.9 Å². The van der Waals surface area contributed by atoms with Crippen molar-refractivity contribution in [1.82, 2.24) is 5.32 Å². The van der Waals surface area contributed by atoms with Crippen LogP contribution in [0.4, 0.5) is 0 Å². The summed E-state index contributed by atoms with van der Waals surface area (Å²) in [6.07, 6.45) is 1.14.